The number of hydrogen-bond donors (Lipinski definition) is 1. The fraction of sp³-hybridized carbons (Fsp3) is 0.182. The Morgan fingerprint density at radius 1 is 1.57 bits per heavy atom. The van der Waals surface area contributed by atoms with Gasteiger partial charge in [-0.05, 0) is 12.1 Å². The molecule has 74 valence electrons. The average Bonchev–Trinajstić information content (AvgIpc) is 2.16. The summed E-state index contributed by atoms with van der Waals surface area (Å²) in [4.78, 5) is 10.9. The molecule has 1 rings (SSSR count). The Kier molecular flexibility index (Phi) is 3.29. The summed E-state index contributed by atoms with van der Waals surface area (Å²) >= 11 is 0. The average molecular weight is 191 g/mol. The number of benzene rings is 1. The van der Waals surface area contributed by atoms with Crippen LogP contribution in [0, 0.1) is 0 Å². The standard InChI is InChI=1S/C11H13NO2/c1-4-9-10(12-8(2)13)6-5-7-11(9)14-3/h4-7H,1H2,2-3H3,(H,12,13). The van der Waals surface area contributed by atoms with E-state index in [2.05, 4.69) is 11.9 Å². The molecule has 0 saturated heterocycles. The summed E-state index contributed by atoms with van der Waals surface area (Å²) in [6.45, 7) is 5.14. The van der Waals surface area contributed by atoms with Crippen LogP contribution < -0.4 is 10.1 Å². The molecule has 0 heterocycles. The highest BCUT2D eigenvalue weighted by atomic mass is 16.5. The van der Waals surface area contributed by atoms with Crippen LogP contribution in [0.25, 0.3) is 6.08 Å². The smallest absolute Gasteiger partial charge is 0.221 e. The highest BCUT2D eigenvalue weighted by Crippen LogP contribution is 2.27. The van der Waals surface area contributed by atoms with Gasteiger partial charge < -0.3 is 10.1 Å². The molecule has 1 aromatic rings. The minimum Gasteiger partial charge on any atom is -0.496 e. The largest absolute Gasteiger partial charge is 0.496 e. The maximum atomic E-state index is 10.9. The van der Waals surface area contributed by atoms with Gasteiger partial charge in [-0.25, -0.2) is 0 Å². The summed E-state index contributed by atoms with van der Waals surface area (Å²) in [7, 11) is 1.58. The Hall–Kier alpha value is -1.77. The van der Waals surface area contributed by atoms with E-state index in [0.29, 0.717) is 11.4 Å². The molecule has 0 unspecified atom stereocenters. The van der Waals surface area contributed by atoms with Gasteiger partial charge in [0.05, 0.1) is 12.8 Å². The molecule has 0 aromatic heterocycles. The Morgan fingerprint density at radius 3 is 2.79 bits per heavy atom. The molecule has 0 radical (unpaired) electrons. The summed E-state index contributed by atoms with van der Waals surface area (Å²) in [6.07, 6.45) is 1.66. The van der Waals surface area contributed by atoms with Crippen molar-refractivity contribution in [1.29, 1.82) is 0 Å². The van der Waals surface area contributed by atoms with Gasteiger partial charge in [0.1, 0.15) is 5.75 Å². The number of ether oxygens (including phenoxy) is 1. The molecule has 0 spiro atoms. The third-order valence-electron chi connectivity index (χ3n) is 1.80. The molecule has 1 aromatic carbocycles. The molecule has 14 heavy (non-hydrogen) atoms. The summed E-state index contributed by atoms with van der Waals surface area (Å²) < 4.78 is 5.14. The van der Waals surface area contributed by atoms with Gasteiger partial charge in [-0.3, -0.25) is 4.79 Å². The number of carbonyl (C=O) groups is 1. The van der Waals surface area contributed by atoms with E-state index >= 15 is 0 Å². The number of hydrogen-bond acceptors (Lipinski definition) is 2. The van der Waals surface area contributed by atoms with Crippen LogP contribution >= 0.6 is 0 Å². The lowest BCUT2D eigenvalue weighted by Gasteiger charge is -2.10. The topological polar surface area (TPSA) is 38.3 Å². The number of anilines is 1. The van der Waals surface area contributed by atoms with Crippen molar-refractivity contribution < 1.29 is 9.53 Å². The van der Waals surface area contributed by atoms with Crippen LogP contribution in [0.5, 0.6) is 5.75 Å². The number of nitrogens with one attached hydrogen (secondary N) is 1. The molecule has 0 fully saturated rings. The van der Waals surface area contributed by atoms with E-state index in [1.165, 1.54) is 6.92 Å². The van der Waals surface area contributed by atoms with Crippen LogP contribution in [-0.2, 0) is 4.79 Å². The van der Waals surface area contributed by atoms with Crippen molar-refractivity contribution in [3.63, 3.8) is 0 Å². The highest BCUT2D eigenvalue weighted by molar-refractivity contribution is 5.92. The first kappa shape index (κ1) is 10.3. The molecule has 0 saturated carbocycles. The van der Waals surface area contributed by atoms with Gasteiger partial charge >= 0.3 is 0 Å². The molecule has 3 heteroatoms. The Balaban J connectivity index is 3.14. The zero-order chi connectivity index (χ0) is 10.6. The van der Waals surface area contributed by atoms with Crippen LogP contribution in [0.4, 0.5) is 5.69 Å². The maximum Gasteiger partial charge on any atom is 0.221 e. The zero-order valence-electron chi connectivity index (χ0n) is 8.33. The summed E-state index contributed by atoms with van der Waals surface area (Å²) in [5.74, 6) is 0.590. The third kappa shape index (κ3) is 2.13. The van der Waals surface area contributed by atoms with Crippen LogP contribution in [-0.4, -0.2) is 13.0 Å². The minimum atomic E-state index is -0.110. The SMILES string of the molecule is C=Cc1c(NC(C)=O)cccc1OC. The van der Waals surface area contributed by atoms with Crippen molar-refractivity contribution in [3.8, 4) is 5.75 Å². The summed E-state index contributed by atoms with van der Waals surface area (Å²) in [5, 5.41) is 2.71. The van der Waals surface area contributed by atoms with Gasteiger partial charge in [0, 0.05) is 12.5 Å². The van der Waals surface area contributed by atoms with E-state index in [1.54, 1.807) is 19.3 Å². The Morgan fingerprint density at radius 2 is 2.29 bits per heavy atom. The number of rotatable bonds is 3. The fourth-order valence-corrected chi connectivity index (χ4v) is 1.23. The first-order chi connectivity index (χ1) is 6.69. The normalized spacial score (nSPS) is 9.29. The van der Waals surface area contributed by atoms with Gasteiger partial charge in [0.15, 0.2) is 0 Å². The van der Waals surface area contributed by atoms with Crippen molar-refractivity contribution >= 4 is 17.7 Å². The Bertz CT molecular complexity index is 358. The first-order valence-corrected chi connectivity index (χ1v) is 4.26. The molecular weight excluding hydrogens is 178 g/mol. The fourth-order valence-electron chi connectivity index (χ4n) is 1.23. The number of methoxy groups -OCH3 is 1. The van der Waals surface area contributed by atoms with Gasteiger partial charge in [-0.1, -0.05) is 18.7 Å². The molecule has 0 aliphatic rings. The zero-order valence-corrected chi connectivity index (χ0v) is 8.33. The van der Waals surface area contributed by atoms with E-state index in [0.717, 1.165) is 5.56 Å². The molecular formula is C11H13NO2. The molecule has 0 bridgehead atoms. The highest BCUT2D eigenvalue weighted by Gasteiger charge is 2.05. The van der Waals surface area contributed by atoms with Crippen molar-refractivity contribution in [2.45, 2.75) is 6.92 Å². The molecule has 0 atom stereocenters. The summed E-state index contributed by atoms with van der Waals surface area (Å²) in [5.41, 5.74) is 1.51. The molecule has 3 nitrogen and oxygen atoms in total. The van der Waals surface area contributed by atoms with Gasteiger partial charge in [-0.2, -0.15) is 0 Å². The molecule has 0 aliphatic heterocycles. The van der Waals surface area contributed by atoms with Crippen LogP contribution in [0.15, 0.2) is 24.8 Å². The predicted molar refractivity (Wildman–Crippen MR) is 57.4 cm³/mol. The van der Waals surface area contributed by atoms with Gasteiger partial charge in [0.25, 0.3) is 0 Å². The van der Waals surface area contributed by atoms with Crippen LogP contribution in [0.2, 0.25) is 0 Å². The second-order valence-corrected chi connectivity index (χ2v) is 2.81. The van der Waals surface area contributed by atoms with Crippen molar-refractivity contribution in [2.24, 2.45) is 0 Å². The van der Waals surface area contributed by atoms with Crippen molar-refractivity contribution in [3.05, 3.63) is 30.3 Å². The summed E-state index contributed by atoms with van der Waals surface area (Å²) in [6, 6.07) is 5.44. The van der Waals surface area contributed by atoms with Gasteiger partial charge in [-0.15, -0.1) is 0 Å². The lowest BCUT2D eigenvalue weighted by molar-refractivity contribution is -0.114. The van der Waals surface area contributed by atoms with Crippen molar-refractivity contribution in [1.82, 2.24) is 0 Å². The number of amides is 1. The van der Waals surface area contributed by atoms with E-state index in [9.17, 15) is 4.79 Å². The lowest BCUT2D eigenvalue weighted by Crippen LogP contribution is -2.07. The van der Waals surface area contributed by atoms with Gasteiger partial charge in [0.2, 0.25) is 5.91 Å². The van der Waals surface area contributed by atoms with Crippen LogP contribution in [0.3, 0.4) is 0 Å². The van der Waals surface area contributed by atoms with E-state index < -0.39 is 0 Å². The first-order valence-electron chi connectivity index (χ1n) is 4.26. The molecule has 1 amide bonds. The maximum absolute atomic E-state index is 10.9. The number of carbonyl (C=O) groups excluding carboxylic acids is 1. The lowest BCUT2D eigenvalue weighted by atomic mass is 10.1. The predicted octanol–water partition coefficient (Wildman–Crippen LogP) is 2.30. The second-order valence-electron chi connectivity index (χ2n) is 2.81. The minimum absolute atomic E-state index is 0.110. The van der Waals surface area contributed by atoms with E-state index in [4.69, 9.17) is 4.74 Å². The second kappa shape index (κ2) is 4.46. The van der Waals surface area contributed by atoms with E-state index in [-0.39, 0.29) is 5.91 Å². The van der Waals surface area contributed by atoms with Crippen molar-refractivity contribution in [2.75, 3.05) is 12.4 Å². The molecule has 1 N–H and O–H groups in total. The quantitative estimate of drug-likeness (QED) is 0.796. The third-order valence-corrected chi connectivity index (χ3v) is 1.80. The molecule has 0 aliphatic carbocycles. The monoisotopic (exact) mass is 191 g/mol. The van der Waals surface area contributed by atoms with E-state index in [1.807, 2.05) is 12.1 Å². The Labute approximate surface area is 83.4 Å². The van der Waals surface area contributed by atoms with Crippen LogP contribution in [0.1, 0.15) is 12.5 Å².